The van der Waals surface area contributed by atoms with Crippen LogP contribution in [0.4, 0.5) is 5.95 Å². The third kappa shape index (κ3) is 2.44. The number of aromatic nitrogens is 5. The first kappa shape index (κ1) is 10.3. The maximum absolute atomic E-state index is 4.95. The zero-order valence-corrected chi connectivity index (χ0v) is 9.08. The Labute approximate surface area is 92.5 Å². The topological polar surface area (TPSA) is 77.8 Å². The van der Waals surface area contributed by atoms with Crippen LogP contribution in [0.2, 0.25) is 0 Å². The SMILES string of the molecule is COc1cnc(NCc2ncn(C)n2)nc1. The van der Waals surface area contributed by atoms with E-state index in [0.717, 1.165) is 0 Å². The first-order valence-electron chi connectivity index (χ1n) is 4.72. The zero-order chi connectivity index (χ0) is 11.4. The number of anilines is 1. The van der Waals surface area contributed by atoms with Gasteiger partial charge in [0.05, 0.1) is 26.0 Å². The van der Waals surface area contributed by atoms with Gasteiger partial charge in [0.1, 0.15) is 6.33 Å². The summed E-state index contributed by atoms with van der Waals surface area (Å²) in [6.07, 6.45) is 4.84. The van der Waals surface area contributed by atoms with Crippen LogP contribution in [0.1, 0.15) is 5.82 Å². The molecule has 2 aromatic rings. The highest BCUT2D eigenvalue weighted by Gasteiger charge is 2.00. The highest BCUT2D eigenvalue weighted by Crippen LogP contribution is 2.07. The molecule has 0 fully saturated rings. The number of nitrogens with one attached hydrogen (secondary N) is 1. The van der Waals surface area contributed by atoms with E-state index in [1.165, 1.54) is 0 Å². The predicted octanol–water partition coefficient (Wildman–Crippen LogP) is 0.226. The summed E-state index contributed by atoms with van der Waals surface area (Å²) in [5.41, 5.74) is 0. The molecule has 0 spiro atoms. The molecule has 0 aliphatic carbocycles. The molecule has 2 rings (SSSR count). The van der Waals surface area contributed by atoms with Crippen molar-refractivity contribution in [3.05, 3.63) is 24.5 Å². The molecule has 1 N–H and O–H groups in total. The molecule has 0 radical (unpaired) electrons. The molecule has 0 bridgehead atoms. The Balaban J connectivity index is 1.94. The molecular formula is C9H12N6O. The van der Waals surface area contributed by atoms with Crippen LogP contribution < -0.4 is 10.1 Å². The molecule has 0 amide bonds. The summed E-state index contributed by atoms with van der Waals surface area (Å²) in [7, 11) is 3.39. The minimum atomic E-state index is 0.493. The van der Waals surface area contributed by atoms with Crippen LogP contribution in [-0.2, 0) is 13.6 Å². The number of hydrogen-bond donors (Lipinski definition) is 1. The van der Waals surface area contributed by atoms with E-state index in [0.29, 0.717) is 24.1 Å². The van der Waals surface area contributed by atoms with Crippen LogP contribution in [0.5, 0.6) is 5.75 Å². The zero-order valence-electron chi connectivity index (χ0n) is 9.08. The van der Waals surface area contributed by atoms with Crippen LogP contribution in [0.15, 0.2) is 18.7 Å². The molecular weight excluding hydrogens is 208 g/mol. The van der Waals surface area contributed by atoms with Gasteiger partial charge < -0.3 is 10.1 Å². The van der Waals surface area contributed by atoms with Crippen molar-refractivity contribution >= 4 is 5.95 Å². The van der Waals surface area contributed by atoms with Gasteiger partial charge in [-0.05, 0) is 0 Å². The van der Waals surface area contributed by atoms with Gasteiger partial charge in [0.2, 0.25) is 5.95 Å². The Morgan fingerprint density at radius 2 is 2.06 bits per heavy atom. The number of methoxy groups -OCH3 is 1. The molecule has 16 heavy (non-hydrogen) atoms. The van der Waals surface area contributed by atoms with Crippen LogP contribution in [-0.4, -0.2) is 31.8 Å². The molecule has 2 heterocycles. The fraction of sp³-hybridized carbons (Fsp3) is 0.333. The van der Waals surface area contributed by atoms with Gasteiger partial charge in [-0.2, -0.15) is 5.10 Å². The monoisotopic (exact) mass is 220 g/mol. The average molecular weight is 220 g/mol. The van der Waals surface area contributed by atoms with Crippen LogP contribution in [0.3, 0.4) is 0 Å². The second-order valence-corrected chi connectivity index (χ2v) is 3.13. The third-order valence-electron chi connectivity index (χ3n) is 1.92. The standard InChI is InChI=1S/C9H12N6O/c1-15-6-13-8(14-15)5-12-9-10-3-7(16-2)4-11-9/h3-4,6H,5H2,1-2H3,(H,10,11,12). The number of aryl methyl sites for hydroxylation is 1. The van der Waals surface area contributed by atoms with E-state index in [4.69, 9.17) is 4.74 Å². The maximum Gasteiger partial charge on any atom is 0.223 e. The lowest BCUT2D eigenvalue weighted by atomic mass is 10.6. The molecule has 0 atom stereocenters. The molecule has 0 unspecified atom stereocenters. The summed E-state index contributed by atoms with van der Waals surface area (Å²) >= 11 is 0. The van der Waals surface area contributed by atoms with Gasteiger partial charge in [0.15, 0.2) is 11.6 Å². The van der Waals surface area contributed by atoms with Crippen molar-refractivity contribution in [2.75, 3.05) is 12.4 Å². The van der Waals surface area contributed by atoms with Crippen LogP contribution >= 0.6 is 0 Å². The number of ether oxygens (including phenoxy) is 1. The van der Waals surface area contributed by atoms with Gasteiger partial charge in [-0.25, -0.2) is 15.0 Å². The quantitative estimate of drug-likeness (QED) is 0.794. The Bertz CT molecular complexity index is 451. The van der Waals surface area contributed by atoms with E-state index in [1.807, 2.05) is 7.05 Å². The molecule has 0 saturated heterocycles. The van der Waals surface area contributed by atoms with Crippen molar-refractivity contribution in [3.8, 4) is 5.75 Å². The van der Waals surface area contributed by atoms with Crippen molar-refractivity contribution in [2.45, 2.75) is 6.54 Å². The van der Waals surface area contributed by atoms with E-state index in [1.54, 1.807) is 30.5 Å². The maximum atomic E-state index is 4.95. The normalized spacial score (nSPS) is 10.1. The van der Waals surface area contributed by atoms with E-state index < -0.39 is 0 Å². The van der Waals surface area contributed by atoms with Gasteiger partial charge in [-0.1, -0.05) is 0 Å². The summed E-state index contributed by atoms with van der Waals surface area (Å²) in [6.45, 7) is 0.493. The van der Waals surface area contributed by atoms with E-state index in [9.17, 15) is 0 Å². The van der Waals surface area contributed by atoms with Crippen LogP contribution in [0, 0.1) is 0 Å². The smallest absolute Gasteiger partial charge is 0.223 e. The Kier molecular flexibility index (Phi) is 2.95. The fourth-order valence-electron chi connectivity index (χ4n) is 1.14. The lowest BCUT2D eigenvalue weighted by Gasteiger charge is -2.02. The van der Waals surface area contributed by atoms with Gasteiger partial charge >= 0.3 is 0 Å². The van der Waals surface area contributed by atoms with Crippen molar-refractivity contribution in [2.24, 2.45) is 7.05 Å². The van der Waals surface area contributed by atoms with Crippen molar-refractivity contribution in [1.29, 1.82) is 0 Å². The molecule has 84 valence electrons. The number of nitrogens with zero attached hydrogens (tertiary/aromatic N) is 5. The number of rotatable bonds is 4. The summed E-state index contributed by atoms with van der Waals surface area (Å²) in [6, 6.07) is 0. The Hall–Kier alpha value is -2.18. The Morgan fingerprint density at radius 3 is 2.62 bits per heavy atom. The largest absolute Gasteiger partial charge is 0.494 e. The van der Waals surface area contributed by atoms with Crippen LogP contribution in [0.25, 0.3) is 0 Å². The first-order chi connectivity index (χ1) is 7.78. The average Bonchev–Trinajstić information content (AvgIpc) is 2.73. The van der Waals surface area contributed by atoms with Crippen molar-refractivity contribution < 1.29 is 4.74 Å². The van der Waals surface area contributed by atoms with Gasteiger partial charge in [0, 0.05) is 7.05 Å². The minimum absolute atomic E-state index is 0.493. The van der Waals surface area contributed by atoms with Crippen molar-refractivity contribution in [1.82, 2.24) is 24.7 Å². The second kappa shape index (κ2) is 4.56. The summed E-state index contributed by atoms with van der Waals surface area (Å²) in [5.74, 6) is 1.84. The molecule has 0 aliphatic heterocycles. The summed E-state index contributed by atoms with van der Waals surface area (Å²) in [5, 5.41) is 7.13. The molecule has 0 aliphatic rings. The lowest BCUT2D eigenvalue weighted by Crippen LogP contribution is -2.05. The minimum Gasteiger partial charge on any atom is -0.494 e. The lowest BCUT2D eigenvalue weighted by molar-refractivity contribution is 0.411. The summed E-state index contributed by atoms with van der Waals surface area (Å²) < 4.78 is 6.60. The molecule has 0 saturated carbocycles. The van der Waals surface area contributed by atoms with Gasteiger partial charge in [-0.15, -0.1) is 0 Å². The molecule has 7 heteroatoms. The van der Waals surface area contributed by atoms with E-state index in [2.05, 4.69) is 25.4 Å². The fourth-order valence-corrected chi connectivity index (χ4v) is 1.14. The van der Waals surface area contributed by atoms with Crippen molar-refractivity contribution in [3.63, 3.8) is 0 Å². The van der Waals surface area contributed by atoms with Gasteiger partial charge in [0.25, 0.3) is 0 Å². The molecule has 7 nitrogen and oxygen atoms in total. The molecule has 0 aromatic carbocycles. The van der Waals surface area contributed by atoms with Gasteiger partial charge in [-0.3, -0.25) is 4.68 Å². The molecule has 2 aromatic heterocycles. The van der Waals surface area contributed by atoms with E-state index >= 15 is 0 Å². The second-order valence-electron chi connectivity index (χ2n) is 3.13. The Morgan fingerprint density at radius 1 is 1.31 bits per heavy atom. The third-order valence-corrected chi connectivity index (χ3v) is 1.92. The first-order valence-corrected chi connectivity index (χ1v) is 4.72. The predicted molar refractivity (Wildman–Crippen MR) is 56.9 cm³/mol. The summed E-state index contributed by atoms with van der Waals surface area (Å²) in [4.78, 5) is 12.2. The highest BCUT2D eigenvalue weighted by atomic mass is 16.5. The van der Waals surface area contributed by atoms with E-state index in [-0.39, 0.29) is 0 Å². The number of hydrogen-bond acceptors (Lipinski definition) is 6. The highest BCUT2D eigenvalue weighted by molar-refractivity contribution is 5.27.